The smallest absolute Gasteiger partial charge is 0.309 e. The first-order chi connectivity index (χ1) is 11.7. The van der Waals surface area contributed by atoms with Crippen molar-refractivity contribution in [1.29, 1.82) is 0 Å². The summed E-state index contributed by atoms with van der Waals surface area (Å²) in [7, 11) is 0. The van der Waals surface area contributed by atoms with Crippen molar-refractivity contribution in [2.75, 3.05) is 31.1 Å². The van der Waals surface area contributed by atoms with Crippen molar-refractivity contribution >= 4 is 17.5 Å². The molecular formula is C19H27N3O2. The van der Waals surface area contributed by atoms with E-state index in [4.69, 9.17) is 0 Å². The van der Waals surface area contributed by atoms with E-state index in [0.717, 1.165) is 18.7 Å². The Kier molecular flexibility index (Phi) is 7.33. The molecule has 1 aliphatic rings. The topological polar surface area (TPSA) is 61.4 Å². The summed E-state index contributed by atoms with van der Waals surface area (Å²) in [6, 6.07) is 8.51. The summed E-state index contributed by atoms with van der Waals surface area (Å²) >= 11 is 0. The van der Waals surface area contributed by atoms with Crippen LogP contribution in [0.25, 0.3) is 0 Å². The van der Waals surface area contributed by atoms with Gasteiger partial charge in [-0.05, 0) is 37.0 Å². The molecule has 24 heavy (non-hydrogen) atoms. The first-order valence-corrected chi connectivity index (χ1v) is 8.71. The van der Waals surface area contributed by atoms with E-state index < -0.39 is 11.8 Å². The summed E-state index contributed by atoms with van der Waals surface area (Å²) in [5.74, 6) is -1.22. The van der Waals surface area contributed by atoms with Crippen LogP contribution in [0.15, 0.2) is 36.9 Å². The summed E-state index contributed by atoms with van der Waals surface area (Å²) in [4.78, 5) is 25.4. The fourth-order valence-electron chi connectivity index (χ4n) is 2.85. The Morgan fingerprint density at radius 2 is 1.62 bits per heavy atom. The van der Waals surface area contributed by atoms with Gasteiger partial charge >= 0.3 is 11.8 Å². The van der Waals surface area contributed by atoms with Gasteiger partial charge < -0.3 is 15.5 Å². The predicted octanol–water partition coefficient (Wildman–Crippen LogP) is 2.03. The highest BCUT2D eigenvalue weighted by atomic mass is 16.2. The van der Waals surface area contributed by atoms with Crippen LogP contribution in [0.2, 0.25) is 0 Å². The Bertz CT molecular complexity index is 546. The average Bonchev–Trinajstić information content (AvgIpc) is 2.89. The van der Waals surface area contributed by atoms with Crippen molar-refractivity contribution in [1.82, 2.24) is 10.6 Å². The number of hydrogen-bond acceptors (Lipinski definition) is 3. The largest absolute Gasteiger partial charge is 0.372 e. The fourth-order valence-corrected chi connectivity index (χ4v) is 2.85. The van der Waals surface area contributed by atoms with Gasteiger partial charge in [0.25, 0.3) is 0 Å². The van der Waals surface area contributed by atoms with Crippen molar-refractivity contribution in [3.63, 3.8) is 0 Å². The predicted molar refractivity (Wildman–Crippen MR) is 97.0 cm³/mol. The minimum atomic E-state index is -0.619. The Morgan fingerprint density at radius 3 is 2.25 bits per heavy atom. The zero-order valence-electron chi connectivity index (χ0n) is 14.2. The zero-order chi connectivity index (χ0) is 17.2. The van der Waals surface area contributed by atoms with Crippen molar-refractivity contribution < 1.29 is 9.59 Å². The van der Waals surface area contributed by atoms with E-state index in [2.05, 4.69) is 46.4 Å². The second-order valence-corrected chi connectivity index (χ2v) is 6.07. The molecule has 0 unspecified atom stereocenters. The summed E-state index contributed by atoms with van der Waals surface area (Å²) in [5.41, 5.74) is 2.42. The Hall–Kier alpha value is -2.30. The van der Waals surface area contributed by atoms with Crippen LogP contribution in [-0.2, 0) is 16.0 Å². The standard InChI is InChI=1S/C19H27N3O2/c1-2-12-20-18(23)19(24)21-13-11-16-7-9-17(10-8-16)22-14-5-3-4-6-15-22/h2,7-10H,1,3-6,11-15H2,(H,20,23)(H,21,24). The maximum atomic E-state index is 11.6. The van der Waals surface area contributed by atoms with Gasteiger partial charge in [-0.3, -0.25) is 9.59 Å². The van der Waals surface area contributed by atoms with E-state index in [0.29, 0.717) is 19.5 Å². The molecule has 1 fully saturated rings. The summed E-state index contributed by atoms with van der Waals surface area (Å²) in [6.45, 7) is 6.50. The molecule has 2 N–H and O–H groups in total. The number of rotatable bonds is 6. The third kappa shape index (κ3) is 5.72. The van der Waals surface area contributed by atoms with Gasteiger partial charge in [0, 0.05) is 31.9 Å². The van der Waals surface area contributed by atoms with Crippen molar-refractivity contribution in [3.8, 4) is 0 Å². The Labute approximate surface area is 144 Å². The number of anilines is 1. The molecular weight excluding hydrogens is 302 g/mol. The molecule has 2 rings (SSSR count). The highest BCUT2D eigenvalue weighted by Gasteiger charge is 2.12. The molecule has 5 nitrogen and oxygen atoms in total. The lowest BCUT2D eigenvalue weighted by Gasteiger charge is -2.22. The average molecular weight is 329 g/mol. The third-order valence-corrected chi connectivity index (χ3v) is 4.22. The molecule has 5 heteroatoms. The molecule has 1 aliphatic heterocycles. The number of benzene rings is 1. The molecule has 0 atom stereocenters. The van der Waals surface area contributed by atoms with Gasteiger partial charge in [0.05, 0.1) is 0 Å². The first kappa shape index (κ1) is 18.0. The molecule has 0 aromatic heterocycles. The molecule has 0 radical (unpaired) electrons. The van der Waals surface area contributed by atoms with Crippen LogP contribution in [0.3, 0.4) is 0 Å². The van der Waals surface area contributed by atoms with Crippen molar-refractivity contribution in [2.45, 2.75) is 32.1 Å². The molecule has 2 amide bonds. The van der Waals surface area contributed by atoms with Crippen LogP contribution >= 0.6 is 0 Å². The highest BCUT2D eigenvalue weighted by molar-refractivity contribution is 6.35. The van der Waals surface area contributed by atoms with Crippen LogP contribution < -0.4 is 15.5 Å². The van der Waals surface area contributed by atoms with Gasteiger partial charge in [-0.2, -0.15) is 0 Å². The third-order valence-electron chi connectivity index (χ3n) is 4.22. The number of carbonyl (C=O) groups excluding carboxylic acids is 2. The quantitative estimate of drug-likeness (QED) is 0.620. The first-order valence-electron chi connectivity index (χ1n) is 8.71. The van der Waals surface area contributed by atoms with E-state index in [1.807, 2.05) is 0 Å². The van der Waals surface area contributed by atoms with Crippen LogP contribution in [-0.4, -0.2) is 38.0 Å². The molecule has 0 bridgehead atoms. The molecule has 1 saturated heterocycles. The summed E-state index contributed by atoms with van der Waals surface area (Å²) in [6.07, 6.45) is 7.44. The normalized spacial score (nSPS) is 14.6. The molecule has 1 heterocycles. The second-order valence-electron chi connectivity index (χ2n) is 6.07. The summed E-state index contributed by atoms with van der Waals surface area (Å²) < 4.78 is 0. The SMILES string of the molecule is C=CCNC(=O)C(=O)NCCc1ccc(N2CCCCCC2)cc1. The molecule has 1 aromatic carbocycles. The number of nitrogens with one attached hydrogen (secondary N) is 2. The van der Waals surface area contributed by atoms with Crippen molar-refractivity contribution in [3.05, 3.63) is 42.5 Å². The van der Waals surface area contributed by atoms with E-state index in [1.54, 1.807) is 0 Å². The van der Waals surface area contributed by atoms with E-state index in [1.165, 1.54) is 37.4 Å². The summed E-state index contributed by atoms with van der Waals surface area (Å²) in [5, 5.41) is 5.09. The number of carbonyl (C=O) groups is 2. The monoisotopic (exact) mass is 329 g/mol. The number of amides is 2. The highest BCUT2D eigenvalue weighted by Crippen LogP contribution is 2.20. The fraction of sp³-hybridized carbons (Fsp3) is 0.474. The number of hydrogen-bond donors (Lipinski definition) is 2. The minimum Gasteiger partial charge on any atom is -0.372 e. The number of nitrogens with zero attached hydrogens (tertiary/aromatic N) is 1. The van der Waals surface area contributed by atoms with Gasteiger partial charge in [0.2, 0.25) is 0 Å². The van der Waals surface area contributed by atoms with E-state index in [-0.39, 0.29) is 0 Å². The lowest BCUT2D eigenvalue weighted by molar-refractivity contribution is -0.139. The van der Waals surface area contributed by atoms with Crippen LogP contribution in [0.1, 0.15) is 31.2 Å². The maximum absolute atomic E-state index is 11.6. The molecule has 0 aliphatic carbocycles. The van der Waals surface area contributed by atoms with Crippen molar-refractivity contribution in [2.24, 2.45) is 0 Å². The molecule has 0 saturated carbocycles. The minimum absolute atomic E-state index is 0.296. The zero-order valence-corrected chi connectivity index (χ0v) is 14.2. The lowest BCUT2D eigenvalue weighted by atomic mass is 10.1. The van der Waals surface area contributed by atoms with Crippen LogP contribution in [0.4, 0.5) is 5.69 Å². The van der Waals surface area contributed by atoms with Crippen LogP contribution in [0.5, 0.6) is 0 Å². The molecule has 0 spiro atoms. The van der Waals surface area contributed by atoms with Gasteiger partial charge in [-0.1, -0.05) is 31.1 Å². The van der Waals surface area contributed by atoms with E-state index >= 15 is 0 Å². The maximum Gasteiger partial charge on any atom is 0.309 e. The van der Waals surface area contributed by atoms with Gasteiger partial charge in [0.15, 0.2) is 0 Å². The molecule has 1 aromatic rings. The van der Waals surface area contributed by atoms with Gasteiger partial charge in [0.1, 0.15) is 0 Å². The van der Waals surface area contributed by atoms with Gasteiger partial charge in [-0.15, -0.1) is 6.58 Å². The van der Waals surface area contributed by atoms with Gasteiger partial charge in [-0.25, -0.2) is 0 Å². The van der Waals surface area contributed by atoms with Crippen LogP contribution in [0, 0.1) is 0 Å². The lowest BCUT2D eigenvalue weighted by Crippen LogP contribution is -2.40. The molecule has 130 valence electrons. The van der Waals surface area contributed by atoms with E-state index in [9.17, 15) is 9.59 Å². The Balaban J connectivity index is 1.76. The Morgan fingerprint density at radius 1 is 1.00 bits per heavy atom. The second kappa shape index (κ2) is 9.75.